The third-order valence-electron chi connectivity index (χ3n) is 2.97. The molecule has 112 valence electrons. The number of alkyl halides is 1. The zero-order chi connectivity index (χ0) is 15.2. The maximum Gasteiger partial charge on any atom is 0.203 e. The quantitative estimate of drug-likeness (QED) is 0.456. The molecule has 0 aliphatic heterocycles. The monoisotopic (exact) mass is 462 g/mol. The van der Waals surface area contributed by atoms with Crippen LogP contribution in [0.15, 0.2) is 36.4 Å². The number of hydrogen-bond donors (Lipinski definition) is 0. The molecule has 2 rings (SSSR count). The molecule has 0 radical (unpaired) electrons. The number of hydrogen-bond acceptors (Lipinski definition) is 3. The highest BCUT2D eigenvalue weighted by molar-refractivity contribution is 14.1. The second kappa shape index (κ2) is 7.89. The summed E-state index contributed by atoms with van der Waals surface area (Å²) in [6.07, 6.45) is 0. The molecule has 21 heavy (non-hydrogen) atoms. The third-order valence-corrected chi connectivity index (χ3v) is 4.34. The molecule has 0 spiro atoms. The van der Waals surface area contributed by atoms with E-state index < -0.39 is 0 Å². The summed E-state index contributed by atoms with van der Waals surface area (Å²) in [5, 5.41) is 0.733. The Morgan fingerprint density at radius 3 is 2.00 bits per heavy atom. The summed E-state index contributed by atoms with van der Waals surface area (Å²) in [7, 11) is 3.26. The molecule has 0 N–H and O–H groups in total. The molecule has 0 atom stereocenters. The fraction of sp³-hybridized carbons (Fsp3) is 0.250. The first-order valence-electron chi connectivity index (χ1n) is 6.36. The molecule has 0 heterocycles. The first-order valence-corrected chi connectivity index (χ1v) is 8.56. The maximum atomic E-state index is 5.91. The van der Waals surface area contributed by atoms with Crippen LogP contribution in [0.5, 0.6) is 17.2 Å². The smallest absolute Gasteiger partial charge is 0.203 e. The Morgan fingerprint density at radius 2 is 1.52 bits per heavy atom. The minimum atomic E-state index is 0.470. The molecule has 0 saturated heterocycles. The molecule has 0 saturated carbocycles. The average molecular weight is 463 g/mol. The van der Waals surface area contributed by atoms with E-state index >= 15 is 0 Å². The lowest BCUT2D eigenvalue weighted by molar-refractivity contribution is 0.265. The van der Waals surface area contributed by atoms with E-state index in [-0.39, 0.29) is 0 Å². The van der Waals surface area contributed by atoms with Gasteiger partial charge in [0.2, 0.25) is 5.75 Å². The van der Waals surface area contributed by atoms with Gasteiger partial charge in [-0.1, -0.05) is 28.1 Å². The van der Waals surface area contributed by atoms with Crippen LogP contribution in [0.2, 0.25) is 0 Å². The number of benzene rings is 2. The summed E-state index contributed by atoms with van der Waals surface area (Å²) in [4.78, 5) is 0. The molecule has 2 aromatic rings. The molecule has 0 unspecified atom stereocenters. The van der Waals surface area contributed by atoms with Gasteiger partial charge in [0.15, 0.2) is 11.5 Å². The van der Waals surface area contributed by atoms with Gasteiger partial charge >= 0.3 is 0 Å². The van der Waals surface area contributed by atoms with Crippen molar-refractivity contribution in [1.29, 1.82) is 0 Å². The van der Waals surface area contributed by atoms with Crippen LogP contribution in [0.1, 0.15) is 11.1 Å². The van der Waals surface area contributed by atoms with Crippen LogP contribution < -0.4 is 14.2 Å². The van der Waals surface area contributed by atoms with Crippen LogP contribution in [-0.4, -0.2) is 14.2 Å². The van der Waals surface area contributed by atoms with Crippen LogP contribution in [0.4, 0.5) is 0 Å². The van der Waals surface area contributed by atoms with Gasteiger partial charge in [0.05, 0.1) is 14.2 Å². The Labute approximate surface area is 146 Å². The summed E-state index contributed by atoms with van der Waals surface area (Å²) in [5.74, 6) is 1.98. The van der Waals surface area contributed by atoms with Crippen molar-refractivity contribution < 1.29 is 14.2 Å². The average Bonchev–Trinajstić information content (AvgIpc) is 2.53. The van der Waals surface area contributed by atoms with Crippen molar-refractivity contribution in [3.63, 3.8) is 0 Å². The summed E-state index contributed by atoms with van der Waals surface area (Å²) < 4.78 is 17.9. The van der Waals surface area contributed by atoms with E-state index in [9.17, 15) is 0 Å². The van der Waals surface area contributed by atoms with Crippen molar-refractivity contribution in [3.8, 4) is 17.2 Å². The third kappa shape index (κ3) is 4.26. The summed E-state index contributed by atoms with van der Waals surface area (Å²) in [6, 6.07) is 12.1. The van der Waals surface area contributed by atoms with Gasteiger partial charge in [-0.25, -0.2) is 0 Å². The first kappa shape index (κ1) is 16.4. The van der Waals surface area contributed by atoms with Gasteiger partial charge in [0.25, 0.3) is 0 Å². The van der Waals surface area contributed by atoms with Gasteiger partial charge in [0, 0.05) is 8.90 Å². The molecule has 0 fully saturated rings. The number of rotatable bonds is 6. The lowest BCUT2D eigenvalue weighted by atomic mass is 10.2. The molecular formula is C16H16BrIO3. The second-order valence-electron chi connectivity index (χ2n) is 4.38. The minimum absolute atomic E-state index is 0.470. The summed E-state index contributed by atoms with van der Waals surface area (Å²) in [6.45, 7) is 0.470. The van der Waals surface area contributed by atoms with Gasteiger partial charge in [-0.05, 0) is 58.0 Å². The molecule has 0 aliphatic carbocycles. The Hall–Kier alpha value is -0.950. The number of halogens is 2. The number of methoxy groups -OCH3 is 2. The minimum Gasteiger partial charge on any atom is -0.493 e. The van der Waals surface area contributed by atoms with Crippen molar-refractivity contribution >= 4 is 38.5 Å². The Morgan fingerprint density at radius 1 is 0.952 bits per heavy atom. The van der Waals surface area contributed by atoms with Gasteiger partial charge in [-0.15, -0.1) is 0 Å². The molecule has 2 aromatic carbocycles. The van der Waals surface area contributed by atoms with E-state index in [0.29, 0.717) is 23.9 Å². The normalized spacial score (nSPS) is 10.3. The van der Waals surface area contributed by atoms with E-state index in [2.05, 4.69) is 50.7 Å². The molecule has 5 heteroatoms. The van der Waals surface area contributed by atoms with Crippen LogP contribution in [0, 0.1) is 3.57 Å². The Kier molecular flexibility index (Phi) is 6.17. The molecular weight excluding hydrogens is 447 g/mol. The second-order valence-corrected chi connectivity index (χ2v) is 6.18. The van der Waals surface area contributed by atoms with Crippen LogP contribution in [-0.2, 0) is 11.9 Å². The zero-order valence-electron chi connectivity index (χ0n) is 11.9. The van der Waals surface area contributed by atoms with E-state index in [4.69, 9.17) is 14.2 Å². The predicted octanol–water partition coefficient (Wildman–Crippen LogP) is 4.78. The SMILES string of the molecule is COc1cc(CBr)cc(OC)c1OCc1ccc(I)cc1. The molecule has 3 nitrogen and oxygen atoms in total. The van der Waals surface area contributed by atoms with Crippen molar-refractivity contribution in [2.45, 2.75) is 11.9 Å². The standard InChI is InChI=1S/C16H16BrIO3/c1-19-14-7-12(9-17)8-15(20-2)16(14)21-10-11-3-5-13(18)6-4-11/h3-8H,9-10H2,1-2H3. The van der Waals surface area contributed by atoms with E-state index in [1.54, 1.807) is 14.2 Å². The molecule has 0 bridgehead atoms. The lowest BCUT2D eigenvalue weighted by Gasteiger charge is -2.15. The highest BCUT2D eigenvalue weighted by atomic mass is 127. The maximum absolute atomic E-state index is 5.91. The van der Waals surface area contributed by atoms with Crippen molar-refractivity contribution in [1.82, 2.24) is 0 Å². The van der Waals surface area contributed by atoms with Gasteiger partial charge < -0.3 is 14.2 Å². The lowest BCUT2D eigenvalue weighted by Crippen LogP contribution is -2.01. The van der Waals surface area contributed by atoms with Crippen molar-refractivity contribution in [3.05, 3.63) is 51.1 Å². The Bertz CT molecular complexity index is 574. The largest absolute Gasteiger partial charge is 0.493 e. The fourth-order valence-electron chi connectivity index (χ4n) is 1.89. The van der Waals surface area contributed by atoms with E-state index in [0.717, 1.165) is 16.5 Å². The zero-order valence-corrected chi connectivity index (χ0v) is 15.6. The van der Waals surface area contributed by atoms with Crippen LogP contribution >= 0.6 is 38.5 Å². The van der Waals surface area contributed by atoms with Crippen LogP contribution in [0.3, 0.4) is 0 Å². The van der Waals surface area contributed by atoms with E-state index in [1.165, 1.54) is 3.57 Å². The van der Waals surface area contributed by atoms with E-state index in [1.807, 2.05) is 24.3 Å². The summed E-state index contributed by atoms with van der Waals surface area (Å²) in [5.41, 5.74) is 2.18. The summed E-state index contributed by atoms with van der Waals surface area (Å²) >= 11 is 5.72. The van der Waals surface area contributed by atoms with Gasteiger partial charge in [-0.3, -0.25) is 0 Å². The van der Waals surface area contributed by atoms with Crippen LogP contribution in [0.25, 0.3) is 0 Å². The molecule has 0 aromatic heterocycles. The van der Waals surface area contributed by atoms with Crippen molar-refractivity contribution in [2.75, 3.05) is 14.2 Å². The molecule has 0 aliphatic rings. The first-order chi connectivity index (χ1) is 10.2. The Balaban J connectivity index is 2.23. The van der Waals surface area contributed by atoms with Crippen molar-refractivity contribution in [2.24, 2.45) is 0 Å². The van der Waals surface area contributed by atoms with Gasteiger partial charge in [0.1, 0.15) is 6.61 Å². The highest BCUT2D eigenvalue weighted by Gasteiger charge is 2.14. The molecule has 0 amide bonds. The fourth-order valence-corrected chi connectivity index (χ4v) is 2.57. The highest BCUT2D eigenvalue weighted by Crippen LogP contribution is 2.39. The number of ether oxygens (including phenoxy) is 3. The topological polar surface area (TPSA) is 27.7 Å². The van der Waals surface area contributed by atoms with Gasteiger partial charge in [-0.2, -0.15) is 0 Å². The predicted molar refractivity (Wildman–Crippen MR) is 95.7 cm³/mol.